The first kappa shape index (κ1) is 24.7. The number of nitrogens with zero attached hydrogens (tertiary/aromatic N) is 1. The third kappa shape index (κ3) is 4.48. The van der Waals surface area contributed by atoms with Crippen molar-refractivity contribution in [2.45, 2.75) is 65.1 Å². The molecule has 3 heterocycles. The number of para-hydroxylation sites is 1. The maximum Gasteiger partial charge on any atom is 0.238 e. The van der Waals surface area contributed by atoms with Gasteiger partial charge in [0.1, 0.15) is 18.1 Å². The van der Waals surface area contributed by atoms with Crippen LogP contribution in [-0.4, -0.2) is 29.6 Å². The third-order valence-electron chi connectivity index (χ3n) is 7.93. The summed E-state index contributed by atoms with van der Waals surface area (Å²) in [6.07, 6.45) is 7.29. The molecule has 0 radical (unpaired) electrons. The minimum Gasteiger partial charge on any atom is -0.459 e. The minimum atomic E-state index is -0.335. The number of furan rings is 1. The zero-order chi connectivity index (χ0) is 25.2. The molecule has 1 aromatic carbocycles. The molecule has 4 atom stereocenters. The van der Waals surface area contributed by atoms with Crippen LogP contribution in [0.5, 0.6) is 0 Å². The molecule has 3 aliphatic rings. The van der Waals surface area contributed by atoms with Crippen LogP contribution in [0, 0.1) is 17.8 Å². The lowest BCUT2D eigenvalue weighted by Crippen LogP contribution is -2.34. The number of hydrogen-bond donors (Lipinski definition) is 1. The normalized spacial score (nSPS) is 26.1. The summed E-state index contributed by atoms with van der Waals surface area (Å²) in [5.41, 5.74) is 4.51. The Morgan fingerprint density at radius 2 is 1.86 bits per heavy atom. The number of carbonyl (C=O) groups excluding carboxylic acids is 2. The molecule has 2 aromatic rings. The third-order valence-corrected chi connectivity index (χ3v) is 7.93. The Kier molecular flexibility index (Phi) is 7.26. The predicted molar refractivity (Wildman–Crippen MR) is 138 cm³/mol. The number of anilines is 1. The van der Waals surface area contributed by atoms with E-state index in [1.165, 1.54) is 21.6 Å². The Labute approximate surface area is 212 Å². The highest BCUT2D eigenvalue weighted by Gasteiger charge is 2.57. The molecule has 6 nitrogen and oxygen atoms in total. The first-order valence-corrected chi connectivity index (χ1v) is 13.2. The molecular formula is C30H35NO5. The topological polar surface area (TPSA) is 80.0 Å². The van der Waals surface area contributed by atoms with E-state index in [-0.39, 0.29) is 42.3 Å². The molecular weight excluding hydrogens is 454 g/mol. The molecule has 2 fully saturated rings. The van der Waals surface area contributed by atoms with Crippen molar-refractivity contribution in [2.24, 2.45) is 17.8 Å². The molecule has 6 heteroatoms. The molecule has 36 heavy (non-hydrogen) atoms. The summed E-state index contributed by atoms with van der Waals surface area (Å²) in [6, 6.07) is 13.0. The van der Waals surface area contributed by atoms with Gasteiger partial charge in [0.25, 0.3) is 0 Å². The Hall–Kier alpha value is -2.96. The fraction of sp³-hybridized carbons (Fsp3) is 0.467. The molecule has 1 aromatic heterocycles. The van der Waals surface area contributed by atoms with Gasteiger partial charge >= 0.3 is 0 Å². The Morgan fingerprint density at radius 3 is 2.56 bits per heavy atom. The fourth-order valence-corrected chi connectivity index (χ4v) is 6.31. The number of aliphatic hydroxyl groups is 1. The van der Waals surface area contributed by atoms with E-state index in [2.05, 4.69) is 19.9 Å². The number of fused-ring (bicyclic) bond motifs is 3. The van der Waals surface area contributed by atoms with Crippen LogP contribution in [0.2, 0.25) is 0 Å². The summed E-state index contributed by atoms with van der Waals surface area (Å²) in [4.78, 5) is 28.3. The van der Waals surface area contributed by atoms with Gasteiger partial charge in [0, 0.05) is 5.92 Å². The maximum atomic E-state index is 13.6. The molecule has 0 spiro atoms. The average molecular weight is 490 g/mol. The van der Waals surface area contributed by atoms with Gasteiger partial charge in [-0.15, -0.1) is 0 Å². The highest BCUT2D eigenvalue weighted by atomic mass is 16.5. The monoisotopic (exact) mass is 489 g/mol. The first-order chi connectivity index (χ1) is 17.5. The molecule has 5 rings (SSSR count). The molecule has 1 aliphatic carbocycles. The van der Waals surface area contributed by atoms with E-state index in [1.54, 1.807) is 6.07 Å². The highest BCUT2D eigenvalue weighted by molar-refractivity contribution is 6.22. The number of ether oxygens (including phenoxy) is 1. The van der Waals surface area contributed by atoms with E-state index in [9.17, 15) is 14.7 Å². The van der Waals surface area contributed by atoms with Crippen LogP contribution in [0.1, 0.15) is 63.9 Å². The summed E-state index contributed by atoms with van der Waals surface area (Å²) >= 11 is 0. The Morgan fingerprint density at radius 1 is 1.06 bits per heavy atom. The largest absolute Gasteiger partial charge is 0.459 e. The van der Waals surface area contributed by atoms with Crippen molar-refractivity contribution in [2.75, 3.05) is 11.5 Å². The number of aliphatic hydroxyl groups excluding tert-OH is 1. The fourth-order valence-electron chi connectivity index (χ4n) is 6.31. The molecule has 1 N–H and O–H groups in total. The van der Waals surface area contributed by atoms with Gasteiger partial charge in [-0.1, -0.05) is 49.6 Å². The van der Waals surface area contributed by atoms with Crippen LogP contribution < -0.4 is 4.90 Å². The second-order valence-electron chi connectivity index (χ2n) is 10.1. The van der Waals surface area contributed by atoms with Gasteiger partial charge in [-0.3, -0.25) is 14.5 Å². The van der Waals surface area contributed by atoms with E-state index < -0.39 is 0 Å². The average Bonchev–Trinajstić information content (AvgIpc) is 3.59. The first-order valence-electron chi connectivity index (χ1n) is 13.2. The number of rotatable bonds is 9. The van der Waals surface area contributed by atoms with E-state index in [0.717, 1.165) is 37.9 Å². The second kappa shape index (κ2) is 10.6. The van der Waals surface area contributed by atoms with Crippen molar-refractivity contribution in [3.8, 4) is 0 Å². The molecule has 0 bridgehead atoms. The zero-order valence-corrected chi connectivity index (χ0v) is 21.1. The van der Waals surface area contributed by atoms with Gasteiger partial charge in [-0.05, 0) is 68.0 Å². The van der Waals surface area contributed by atoms with Crippen LogP contribution in [0.15, 0.2) is 63.6 Å². The summed E-state index contributed by atoms with van der Waals surface area (Å²) in [7, 11) is 0. The minimum absolute atomic E-state index is 0.0235. The van der Waals surface area contributed by atoms with Crippen molar-refractivity contribution < 1.29 is 23.8 Å². The Bertz CT molecular complexity index is 1180. The van der Waals surface area contributed by atoms with Gasteiger partial charge in [0.15, 0.2) is 0 Å². The zero-order valence-electron chi connectivity index (χ0n) is 21.1. The summed E-state index contributed by atoms with van der Waals surface area (Å²) in [5, 5.41) is 9.29. The van der Waals surface area contributed by atoms with Gasteiger partial charge in [-0.2, -0.15) is 0 Å². The number of benzene rings is 1. The van der Waals surface area contributed by atoms with Crippen LogP contribution in [0.25, 0.3) is 6.08 Å². The smallest absolute Gasteiger partial charge is 0.238 e. The molecule has 2 saturated heterocycles. The molecule has 2 amide bonds. The number of amides is 2. The number of hydrogen-bond acceptors (Lipinski definition) is 5. The van der Waals surface area contributed by atoms with Crippen LogP contribution in [0.4, 0.5) is 5.69 Å². The lowest BCUT2D eigenvalue weighted by molar-refractivity contribution is -0.122. The maximum absolute atomic E-state index is 13.6. The molecule has 0 unspecified atom stereocenters. The number of allylic oxidation sites excluding steroid dienone is 2. The SMILES string of the molecule is CCC/C(=C\c1ccc(CO)o1)CC[C@H]1OC[C@H]2C1=C(CC)C[C@H]1C(=O)N(c3ccccc3)C(=O)[C@H]12. The standard InChI is InChI=1S/C30H35NO5/c1-3-8-19(15-22-12-13-23(17-32)36-22)11-14-26-27-20(4-2)16-24-28(25(27)18-35-26)30(34)31(29(24)33)21-9-6-5-7-10-21/h5-7,9-10,12-13,15,24-26,28,32H,3-4,8,11,14,16-18H2,1-2H3/b19-15+/t24-,25+,26-,28-/m1/s1. The second-order valence-corrected chi connectivity index (χ2v) is 10.1. The van der Waals surface area contributed by atoms with E-state index >= 15 is 0 Å². The quantitative estimate of drug-likeness (QED) is 0.363. The molecule has 190 valence electrons. The summed E-state index contributed by atoms with van der Waals surface area (Å²) < 4.78 is 12.0. The van der Waals surface area contributed by atoms with Crippen molar-refractivity contribution >= 4 is 23.6 Å². The molecule has 0 saturated carbocycles. The van der Waals surface area contributed by atoms with Gasteiger partial charge in [0.05, 0.1) is 30.2 Å². The summed E-state index contributed by atoms with van der Waals surface area (Å²) in [6.45, 7) is 4.70. The van der Waals surface area contributed by atoms with E-state index in [4.69, 9.17) is 9.15 Å². The van der Waals surface area contributed by atoms with E-state index in [0.29, 0.717) is 24.5 Å². The van der Waals surface area contributed by atoms with Crippen molar-refractivity contribution in [3.05, 3.63) is 70.7 Å². The van der Waals surface area contributed by atoms with Crippen molar-refractivity contribution in [1.29, 1.82) is 0 Å². The van der Waals surface area contributed by atoms with Gasteiger partial charge in [0.2, 0.25) is 11.8 Å². The lowest BCUT2D eigenvalue weighted by Gasteiger charge is -2.31. The highest BCUT2D eigenvalue weighted by Crippen LogP contribution is 2.51. The van der Waals surface area contributed by atoms with Gasteiger partial charge < -0.3 is 14.3 Å². The van der Waals surface area contributed by atoms with Crippen LogP contribution in [-0.2, 0) is 20.9 Å². The predicted octanol–water partition coefficient (Wildman–Crippen LogP) is 5.67. The number of imide groups is 1. The van der Waals surface area contributed by atoms with E-state index in [1.807, 2.05) is 36.4 Å². The van der Waals surface area contributed by atoms with Crippen molar-refractivity contribution in [3.63, 3.8) is 0 Å². The van der Waals surface area contributed by atoms with Gasteiger partial charge in [-0.25, -0.2) is 0 Å². The lowest BCUT2D eigenvalue weighted by atomic mass is 9.69. The number of carbonyl (C=O) groups is 2. The van der Waals surface area contributed by atoms with Crippen molar-refractivity contribution in [1.82, 2.24) is 0 Å². The molecule has 2 aliphatic heterocycles. The Balaban J connectivity index is 1.35. The van der Waals surface area contributed by atoms with Crippen LogP contribution in [0.3, 0.4) is 0 Å². The van der Waals surface area contributed by atoms with Crippen LogP contribution >= 0.6 is 0 Å². The summed E-state index contributed by atoms with van der Waals surface area (Å²) in [5.74, 6) is 0.523.